The molecule has 3 N–H and O–H groups in total. The summed E-state index contributed by atoms with van der Waals surface area (Å²) in [6.45, 7) is 4.25. The molecule has 0 aliphatic heterocycles. The summed E-state index contributed by atoms with van der Waals surface area (Å²) < 4.78 is 0. The SMILES string of the molecule is CC[NH+](CC(=O)NCCc1ccccc1)Cc1nc2ccccc2c(=O)[nH]1. The second-order valence-corrected chi connectivity index (χ2v) is 6.57. The number of carbonyl (C=O) groups is 1. The Labute approximate surface area is 158 Å². The van der Waals surface area contributed by atoms with Gasteiger partial charge in [0.2, 0.25) is 0 Å². The minimum absolute atomic E-state index is 0.00548. The average molecular weight is 365 g/mol. The monoisotopic (exact) mass is 365 g/mol. The van der Waals surface area contributed by atoms with E-state index in [0.29, 0.717) is 36.4 Å². The Bertz CT molecular complexity index is 953. The maximum absolute atomic E-state index is 12.2. The van der Waals surface area contributed by atoms with E-state index in [2.05, 4.69) is 27.4 Å². The standard InChI is InChI=1S/C21H24N4O2/c1-2-25(15-20(26)22-13-12-16-8-4-3-5-9-16)14-19-23-18-11-7-6-10-17(18)21(27)24-19/h3-11H,2,12-15H2,1H3,(H,22,26)(H,23,24,27)/p+1. The summed E-state index contributed by atoms with van der Waals surface area (Å²) in [7, 11) is 0. The first-order valence-corrected chi connectivity index (χ1v) is 9.28. The van der Waals surface area contributed by atoms with Crippen molar-refractivity contribution in [2.24, 2.45) is 0 Å². The first-order valence-electron chi connectivity index (χ1n) is 9.28. The van der Waals surface area contributed by atoms with Gasteiger partial charge >= 0.3 is 0 Å². The number of aromatic amines is 1. The van der Waals surface area contributed by atoms with Crippen LogP contribution < -0.4 is 15.8 Å². The highest BCUT2D eigenvalue weighted by atomic mass is 16.2. The topological polar surface area (TPSA) is 79.3 Å². The van der Waals surface area contributed by atoms with Gasteiger partial charge in [0.25, 0.3) is 11.5 Å². The lowest BCUT2D eigenvalue weighted by Crippen LogP contribution is -3.11. The van der Waals surface area contributed by atoms with Crippen LogP contribution in [0.25, 0.3) is 10.9 Å². The highest BCUT2D eigenvalue weighted by Crippen LogP contribution is 2.04. The quantitative estimate of drug-likeness (QED) is 0.549. The van der Waals surface area contributed by atoms with Crippen LogP contribution in [-0.4, -0.2) is 35.5 Å². The number of H-pyrrole nitrogens is 1. The molecule has 1 heterocycles. The number of hydrogen-bond acceptors (Lipinski definition) is 3. The zero-order valence-corrected chi connectivity index (χ0v) is 15.5. The van der Waals surface area contributed by atoms with Crippen molar-refractivity contribution in [2.75, 3.05) is 19.6 Å². The van der Waals surface area contributed by atoms with Gasteiger partial charge in [0, 0.05) is 6.54 Å². The van der Waals surface area contributed by atoms with Crippen LogP contribution in [0.15, 0.2) is 59.4 Å². The number of benzene rings is 2. The fourth-order valence-electron chi connectivity index (χ4n) is 3.05. The lowest BCUT2D eigenvalue weighted by Gasteiger charge is -2.17. The summed E-state index contributed by atoms with van der Waals surface area (Å²) in [5, 5.41) is 3.55. The van der Waals surface area contributed by atoms with Crippen molar-refractivity contribution in [1.82, 2.24) is 15.3 Å². The molecule has 0 aliphatic rings. The molecular formula is C21H25N4O2+. The van der Waals surface area contributed by atoms with E-state index in [-0.39, 0.29) is 11.5 Å². The molecule has 0 radical (unpaired) electrons. The number of para-hydroxylation sites is 1. The van der Waals surface area contributed by atoms with E-state index in [4.69, 9.17) is 0 Å². The molecule has 1 atom stereocenters. The van der Waals surface area contributed by atoms with Crippen LogP contribution in [0, 0.1) is 0 Å². The Morgan fingerprint density at radius 2 is 1.85 bits per heavy atom. The maximum atomic E-state index is 12.2. The second kappa shape index (κ2) is 9.09. The van der Waals surface area contributed by atoms with Gasteiger partial charge in [-0.3, -0.25) is 9.59 Å². The number of fused-ring (bicyclic) bond motifs is 1. The zero-order chi connectivity index (χ0) is 19.1. The largest absolute Gasteiger partial charge is 0.351 e. The van der Waals surface area contributed by atoms with Gasteiger partial charge in [-0.1, -0.05) is 42.5 Å². The molecule has 6 heteroatoms. The first kappa shape index (κ1) is 18.8. The summed E-state index contributed by atoms with van der Waals surface area (Å²) in [4.78, 5) is 32.8. The summed E-state index contributed by atoms with van der Waals surface area (Å²) in [5.74, 6) is 0.610. The fourth-order valence-corrected chi connectivity index (χ4v) is 3.05. The van der Waals surface area contributed by atoms with E-state index in [9.17, 15) is 9.59 Å². The average Bonchev–Trinajstić information content (AvgIpc) is 2.68. The van der Waals surface area contributed by atoms with E-state index in [1.54, 1.807) is 6.07 Å². The second-order valence-electron chi connectivity index (χ2n) is 6.57. The minimum Gasteiger partial charge on any atom is -0.351 e. The maximum Gasteiger partial charge on any atom is 0.275 e. The molecule has 0 spiro atoms. The minimum atomic E-state index is -0.140. The van der Waals surface area contributed by atoms with Crippen LogP contribution in [0.3, 0.4) is 0 Å². The number of quaternary nitrogens is 1. The molecule has 140 valence electrons. The third-order valence-corrected chi connectivity index (χ3v) is 4.57. The van der Waals surface area contributed by atoms with Crippen LogP contribution >= 0.6 is 0 Å². The summed E-state index contributed by atoms with van der Waals surface area (Å²) >= 11 is 0. The van der Waals surface area contributed by atoms with Crippen molar-refractivity contribution in [3.8, 4) is 0 Å². The molecule has 2 aromatic carbocycles. The number of nitrogens with one attached hydrogen (secondary N) is 3. The highest BCUT2D eigenvalue weighted by molar-refractivity contribution is 5.77. The zero-order valence-electron chi connectivity index (χ0n) is 15.5. The normalized spacial score (nSPS) is 12.0. The van der Waals surface area contributed by atoms with Crippen LogP contribution in [-0.2, 0) is 17.8 Å². The van der Waals surface area contributed by atoms with E-state index >= 15 is 0 Å². The van der Waals surface area contributed by atoms with E-state index in [1.807, 2.05) is 43.3 Å². The molecule has 3 rings (SSSR count). The summed E-state index contributed by atoms with van der Waals surface area (Å²) in [5.41, 5.74) is 1.74. The number of amides is 1. The predicted octanol–water partition coefficient (Wildman–Crippen LogP) is 0.687. The fraction of sp³-hybridized carbons (Fsp3) is 0.286. The van der Waals surface area contributed by atoms with Gasteiger partial charge < -0.3 is 15.2 Å². The molecular weight excluding hydrogens is 340 g/mol. The van der Waals surface area contributed by atoms with Gasteiger partial charge in [-0.25, -0.2) is 4.98 Å². The van der Waals surface area contributed by atoms with Gasteiger partial charge in [0.1, 0.15) is 6.54 Å². The molecule has 3 aromatic rings. The lowest BCUT2D eigenvalue weighted by molar-refractivity contribution is -0.904. The van der Waals surface area contributed by atoms with Gasteiger partial charge in [-0.05, 0) is 31.0 Å². The molecule has 27 heavy (non-hydrogen) atoms. The Morgan fingerprint density at radius 3 is 2.63 bits per heavy atom. The molecule has 0 aliphatic carbocycles. The van der Waals surface area contributed by atoms with Crippen molar-refractivity contribution in [3.63, 3.8) is 0 Å². The smallest absolute Gasteiger partial charge is 0.275 e. The molecule has 1 unspecified atom stereocenters. The number of likely N-dealkylation sites (N-methyl/N-ethyl adjacent to an activating group) is 1. The molecule has 1 aromatic heterocycles. The highest BCUT2D eigenvalue weighted by Gasteiger charge is 2.15. The van der Waals surface area contributed by atoms with Crippen LogP contribution in [0.4, 0.5) is 0 Å². The Kier molecular flexibility index (Phi) is 6.33. The number of carbonyl (C=O) groups excluding carboxylic acids is 1. The van der Waals surface area contributed by atoms with Gasteiger partial charge in [-0.2, -0.15) is 0 Å². The Hall–Kier alpha value is -2.99. The Balaban J connectivity index is 1.55. The number of rotatable bonds is 8. The number of hydrogen-bond donors (Lipinski definition) is 3. The number of aromatic nitrogens is 2. The molecule has 0 saturated carbocycles. The van der Waals surface area contributed by atoms with Crippen molar-refractivity contribution in [3.05, 3.63) is 76.3 Å². The molecule has 0 bridgehead atoms. The molecule has 1 amide bonds. The summed E-state index contributed by atoms with van der Waals surface area (Å²) in [6.07, 6.45) is 0.813. The molecule has 6 nitrogen and oxygen atoms in total. The van der Waals surface area contributed by atoms with Crippen molar-refractivity contribution in [1.29, 1.82) is 0 Å². The third kappa shape index (κ3) is 5.24. The summed E-state index contributed by atoms with van der Waals surface area (Å²) in [6, 6.07) is 17.4. The molecule has 0 saturated heterocycles. The van der Waals surface area contributed by atoms with E-state index < -0.39 is 0 Å². The van der Waals surface area contributed by atoms with Crippen LogP contribution in [0.2, 0.25) is 0 Å². The van der Waals surface area contributed by atoms with Gasteiger partial charge in [0.05, 0.1) is 17.4 Å². The van der Waals surface area contributed by atoms with Crippen LogP contribution in [0.5, 0.6) is 0 Å². The third-order valence-electron chi connectivity index (χ3n) is 4.57. The van der Waals surface area contributed by atoms with Crippen LogP contribution in [0.1, 0.15) is 18.3 Å². The Morgan fingerprint density at radius 1 is 1.11 bits per heavy atom. The van der Waals surface area contributed by atoms with E-state index in [0.717, 1.165) is 17.9 Å². The van der Waals surface area contributed by atoms with Crippen molar-refractivity contribution < 1.29 is 9.69 Å². The lowest BCUT2D eigenvalue weighted by atomic mass is 10.1. The van der Waals surface area contributed by atoms with Gasteiger partial charge in [-0.15, -0.1) is 0 Å². The van der Waals surface area contributed by atoms with Gasteiger partial charge in [0.15, 0.2) is 12.4 Å². The van der Waals surface area contributed by atoms with Crippen molar-refractivity contribution in [2.45, 2.75) is 19.9 Å². The predicted molar refractivity (Wildman–Crippen MR) is 106 cm³/mol. The van der Waals surface area contributed by atoms with E-state index in [1.165, 1.54) is 5.56 Å². The number of nitrogens with zero attached hydrogens (tertiary/aromatic N) is 1. The first-order chi connectivity index (χ1) is 13.2. The molecule has 0 fully saturated rings. The van der Waals surface area contributed by atoms with Crippen molar-refractivity contribution >= 4 is 16.8 Å².